The van der Waals surface area contributed by atoms with Crippen molar-refractivity contribution >= 4 is 0 Å². The molecule has 0 saturated carbocycles. The van der Waals surface area contributed by atoms with Gasteiger partial charge in [0.25, 0.3) is 0 Å². The molecule has 62 valence electrons. The molecule has 0 heterocycles. The molecule has 0 aromatic carbocycles. The summed E-state index contributed by atoms with van der Waals surface area (Å²) in [5, 5.41) is 25.2. The number of rotatable bonds is 6. The van der Waals surface area contributed by atoms with Crippen LogP contribution in [0.1, 0.15) is 25.7 Å². The molecule has 4 heteroatoms. The van der Waals surface area contributed by atoms with Crippen LogP contribution < -0.4 is 5.48 Å². The standard InChI is InChI=1S/C6H15NO3/c8-5-3-1-2-4-6(9)7-10/h6-10H,1-5H2. The topological polar surface area (TPSA) is 72.7 Å². The maximum atomic E-state index is 8.73. The lowest BCUT2D eigenvalue weighted by atomic mass is 10.2. The molecule has 0 bridgehead atoms. The van der Waals surface area contributed by atoms with Gasteiger partial charge < -0.3 is 15.4 Å². The number of hydrogen-bond acceptors (Lipinski definition) is 4. The fourth-order valence-electron chi connectivity index (χ4n) is 0.691. The number of nitrogens with one attached hydrogen (secondary N) is 1. The summed E-state index contributed by atoms with van der Waals surface area (Å²) < 4.78 is 0. The Labute approximate surface area is 60.5 Å². The minimum Gasteiger partial charge on any atom is -0.396 e. The number of hydrogen-bond donors (Lipinski definition) is 4. The summed E-state index contributed by atoms with van der Waals surface area (Å²) in [5.41, 5.74) is 1.73. The fourth-order valence-corrected chi connectivity index (χ4v) is 0.691. The second-order valence-electron chi connectivity index (χ2n) is 2.22. The Bertz CT molecular complexity index is 70.0. The second-order valence-corrected chi connectivity index (χ2v) is 2.22. The van der Waals surface area contributed by atoms with Crippen LogP contribution in [0.3, 0.4) is 0 Å². The number of aliphatic hydroxyl groups is 2. The number of unbranched alkanes of at least 4 members (excludes halogenated alkanes) is 2. The normalized spacial score (nSPS) is 13.5. The molecule has 0 rings (SSSR count). The minimum atomic E-state index is -0.821. The summed E-state index contributed by atoms with van der Waals surface area (Å²) in [6.45, 7) is 0.197. The first-order chi connectivity index (χ1) is 4.81. The van der Waals surface area contributed by atoms with E-state index in [1.54, 1.807) is 5.48 Å². The molecule has 0 aliphatic carbocycles. The van der Waals surface area contributed by atoms with Gasteiger partial charge in [0.15, 0.2) is 0 Å². The maximum absolute atomic E-state index is 8.73. The van der Waals surface area contributed by atoms with E-state index in [4.69, 9.17) is 15.4 Å². The Hall–Kier alpha value is -0.160. The highest BCUT2D eigenvalue weighted by atomic mass is 16.5. The predicted octanol–water partition coefficient (Wildman–Crippen LogP) is -0.164. The van der Waals surface area contributed by atoms with E-state index in [1.807, 2.05) is 0 Å². The van der Waals surface area contributed by atoms with Crippen LogP contribution in [0.4, 0.5) is 0 Å². The van der Waals surface area contributed by atoms with Crippen LogP contribution >= 0.6 is 0 Å². The van der Waals surface area contributed by atoms with Gasteiger partial charge in [-0.3, -0.25) is 0 Å². The van der Waals surface area contributed by atoms with Crippen molar-refractivity contribution in [3.05, 3.63) is 0 Å². The second kappa shape index (κ2) is 6.95. The fraction of sp³-hybridized carbons (Fsp3) is 1.00. The smallest absolute Gasteiger partial charge is 0.126 e. The third-order valence-corrected chi connectivity index (χ3v) is 1.28. The zero-order chi connectivity index (χ0) is 7.82. The zero-order valence-electron chi connectivity index (χ0n) is 5.95. The average molecular weight is 149 g/mol. The first kappa shape index (κ1) is 9.84. The van der Waals surface area contributed by atoms with Gasteiger partial charge >= 0.3 is 0 Å². The van der Waals surface area contributed by atoms with Crippen molar-refractivity contribution in [2.45, 2.75) is 31.9 Å². The average Bonchev–Trinajstić information content (AvgIpc) is 1.98. The lowest BCUT2D eigenvalue weighted by molar-refractivity contribution is -0.00405. The largest absolute Gasteiger partial charge is 0.396 e. The van der Waals surface area contributed by atoms with Crippen molar-refractivity contribution in [2.75, 3.05) is 6.61 Å². The van der Waals surface area contributed by atoms with Crippen LogP contribution in [-0.4, -0.2) is 28.3 Å². The highest BCUT2D eigenvalue weighted by molar-refractivity contribution is 4.46. The van der Waals surface area contributed by atoms with Crippen molar-refractivity contribution in [1.29, 1.82) is 0 Å². The molecular formula is C6H15NO3. The van der Waals surface area contributed by atoms with Crippen LogP contribution in [0.2, 0.25) is 0 Å². The van der Waals surface area contributed by atoms with Gasteiger partial charge in [-0.1, -0.05) is 6.42 Å². The molecule has 0 aliphatic heterocycles. The minimum absolute atomic E-state index is 0.197. The molecule has 0 aliphatic rings. The summed E-state index contributed by atoms with van der Waals surface area (Å²) in [6.07, 6.45) is 2.16. The Morgan fingerprint density at radius 3 is 2.40 bits per heavy atom. The van der Waals surface area contributed by atoms with Crippen molar-refractivity contribution in [2.24, 2.45) is 0 Å². The van der Waals surface area contributed by atoms with E-state index in [9.17, 15) is 0 Å². The van der Waals surface area contributed by atoms with E-state index in [0.29, 0.717) is 6.42 Å². The van der Waals surface area contributed by atoms with Gasteiger partial charge in [-0.15, -0.1) is 0 Å². The summed E-state index contributed by atoms with van der Waals surface area (Å²) in [4.78, 5) is 0. The molecule has 10 heavy (non-hydrogen) atoms. The van der Waals surface area contributed by atoms with Gasteiger partial charge in [-0.2, -0.15) is 5.48 Å². The summed E-state index contributed by atoms with van der Waals surface area (Å²) in [5.74, 6) is 0. The van der Waals surface area contributed by atoms with Gasteiger partial charge in [0, 0.05) is 6.61 Å². The van der Waals surface area contributed by atoms with Crippen LogP contribution in [0.5, 0.6) is 0 Å². The Kier molecular flexibility index (Phi) is 6.84. The van der Waals surface area contributed by atoms with Crippen LogP contribution in [0.15, 0.2) is 0 Å². The van der Waals surface area contributed by atoms with Crippen molar-refractivity contribution in [3.8, 4) is 0 Å². The summed E-state index contributed by atoms with van der Waals surface area (Å²) >= 11 is 0. The van der Waals surface area contributed by atoms with Crippen LogP contribution in [0, 0.1) is 0 Å². The molecular weight excluding hydrogens is 134 g/mol. The van der Waals surface area contributed by atoms with Crippen molar-refractivity contribution in [3.63, 3.8) is 0 Å². The van der Waals surface area contributed by atoms with Crippen LogP contribution in [-0.2, 0) is 0 Å². The van der Waals surface area contributed by atoms with Crippen molar-refractivity contribution < 1.29 is 15.4 Å². The lowest BCUT2D eigenvalue weighted by Gasteiger charge is -2.05. The molecule has 0 fully saturated rings. The first-order valence-electron chi connectivity index (χ1n) is 3.49. The molecule has 4 nitrogen and oxygen atoms in total. The van der Waals surface area contributed by atoms with Gasteiger partial charge in [0.1, 0.15) is 6.23 Å². The SMILES string of the molecule is OCCCCCC(O)NO. The molecule has 0 spiro atoms. The van der Waals surface area contributed by atoms with E-state index in [-0.39, 0.29) is 6.61 Å². The molecule has 0 radical (unpaired) electrons. The van der Waals surface area contributed by atoms with Gasteiger partial charge in [0.05, 0.1) is 0 Å². The Balaban J connectivity index is 2.89. The van der Waals surface area contributed by atoms with Gasteiger partial charge in [-0.25, -0.2) is 0 Å². The third-order valence-electron chi connectivity index (χ3n) is 1.28. The molecule has 0 saturated heterocycles. The molecule has 1 unspecified atom stereocenters. The monoisotopic (exact) mass is 149 g/mol. The van der Waals surface area contributed by atoms with E-state index in [1.165, 1.54) is 0 Å². The molecule has 0 amide bonds. The summed E-state index contributed by atoms with van der Waals surface area (Å²) in [6, 6.07) is 0. The van der Waals surface area contributed by atoms with Gasteiger partial charge in [-0.05, 0) is 19.3 Å². The van der Waals surface area contributed by atoms with E-state index in [0.717, 1.165) is 19.3 Å². The molecule has 0 aromatic rings. The number of hydroxylamine groups is 1. The Morgan fingerprint density at radius 1 is 1.20 bits per heavy atom. The predicted molar refractivity (Wildman–Crippen MR) is 36.5 cm³/mol. The van der Waals surface area contributed by atoms with Gasteiger partial charge in [0.2, 0.25) is 0 Å². The quantitative estimate of drug-likeness (QED) is 0.240. The highest BCUT2D eigenvalue weighted by Gasteiger charge is 1.98. The Morgan fingerprint density at radius 2 is 1.90 bits per heavy atom. The zero-order valence-corrected chi connectivity index (χ0v) is 5.95. The summed E-state index contributed by atoms with van der Waals surface area (Å²) in [7, 11) is 0. The van der Waals surface area contributed by atoms with E-state index < -0.39 is 6.23 Å². The maximum Gasteiger partial charge on any atom is 0.126 e. The first-order valence-corrected chi connectivity index (χ1v) is 3.49. The van der Waals surface area contributed by atoms with Crippen molar-refractivity contribution in [1.82, 2.24) is 5.48 Å². The van der Waals surface area contributed by atoms with E-state index >= 15 is 0 Å². The molecule has 1 atom stereocenters. The number of aliphatic hydroxyl groups excluding tert-OH is 2. The molecule has 0 aromatic heterocycles. The highest BCUT2D eigenvalue weighted by Crippen LogP contribution is 2.00. The molecule has 4 N–H and O–H groups in total. The third kappa shape index (κ3) is 5.97. The lowest BCUT2D eigenvalue weighted by Crippen LogP contribution is -2.24. The van der Waals surface area contributed by atoms with Crippen LogP contribution in [0.25, 0.3) is 0 Å². The van der Waals surface area contributed by atoms with E-state index in [2.05, 4.69) is 0 Å².